The minimum atomic E-state index is -0.774. The summed E-state index contributed by atoms with van der Waals surface area (Å²) in [6, 6.07) is -0.774. The van der Waals surface area contributed by atoms with E-state index >= 15 is 0 Å². The first-order chi connectivity index (χ1) is 9.65. The van der Waals surface area contributed by atoms with Crippen LogP contribution in [-0.4, -0.2) is 65.7 Å². The van der Waals surface area contributed by atoms with Gasteiger partial charge in [-0.2, -0.15) is 0 Å². The summed E-state index contributed by atoms with van der Waals surface area (Å²) in [5.41, 5.74) is -0.603. The Balaban J connectivity index is 2.79. The van der Waals surface area contributed by atoms with Crippen molar-refractivity contribution >= 4 is 18.0 Å². The molecular formula is C14H24N2O5. The van der Waals surface area contributed by atoms with Gasteiger partial charge >= 0.3 is 12.1 Å². The topological polar surface area (TPSA) is 76.2 Å². The Morgan fingerprint density at radius 3 is 2.29 bits per heavy atom. The fourth-order valence-electron chi connectivity index (χ4n) is 2.09. The predicted octanol–water partition coefficient (Wildman–Crippen LogP) is 1.02. The average Bonchev–Trinajstić information content (AvgIpc) is 2.36. The van der Waals surface area contributed by atoms with E-state index in [4.69, 9.17) is 9.47 Å². The standard InChI is InChI=1S/C14H24N2O5/c1-6-20-12(18)11-9-15(7-8-16(11)10(2)17)13(19)21-14(3,4)5/h11H,6-9H2,1-5H3. The number of nitrogens with zero attached hydrogens (tertiary/aromatic N) is 2. The van der Waals surface area contributed by atoms with Crippen molar-refractivity contribution in [2.24, 2.45) is 0 Å². The Labute approximate surface area is 125 Å². The van der Waals surface area contributed by atoms with E-state index in [1.807, 2.05) is 0 Å². The van der Waals surface area contributed by atoms with Crippen LogP contribution in [0, 0.1) is 0 Å². The van der Waals surface area contributed by atoms with Crippen LogP contribution in [0.15, 0.2) is 0 Å². The van der Waals surface area contributed by atoms with Crippen LogP contribution in [0.5, 0.6) is 0 Å². The molecule has 0 aliphatic carbocycles. The summed E-state index contributed by atoms with van der Waals surface area (Å²) < 4.78 is 10.3. The molecule has 0 saturated carbocycles. The lowest BCUT2D eigenvalue weighted by molar-refractivity contribution is -0.157. The van der Waals surface area contributed by atoms with E-state index in [-0.39, 0.29) is 25.6 Å². The zero-order chi connectivity index (χ0) is 16.2. The fraction of sp³-hybridized carbons (Fsp3) is 0.786. The minimum absolute atomic E-state index is 0.0906. The molecule has 1 heterocycles. The number of piperazine rings is 1. The van der Waals surface area contributed by atoms with Gasteiger partial charge in [-0.3, -0.25) is 4.79 Å². The van der Waals surface area contributed by atoms with Crippen LogP contribution >= 0.6 is 0 Å². The molecule has 1 unspecified atom stereocenters. The molecule has 1 atom stereocenters. The van der Waals surface area contributed by atoms with Crippen molar-refractivity contribution < 1.29 is 23.9 Å². The lowest BCUT2D eigenvalue weighted by Gasteiger charge is -2.39. The molecule has 1 rings (SSSR count). The van der Waals surface area contributed by atoms with Crippen LogP contribution in [0.3, 0.4) is 0 Å². The maximum absolute atomic E-state index is 12.1. The van der Waals surface area contributed by atoms with Crippen LogP contribution in [0.25, 0.3) is 0 Å². The maximum Gasteiger partial charge on any atom is 0.410 e. The van der Waals surface area contributed by atoms with E-state index in [0.717, 1.165) is 0 Å². The third-order valence-electron chi connectivity index (χ3n) is 3.00. The Bertz CT molecular complexity index is 416. The molecule has 0 aromatic carbocycles. The van der Waals surface area contributed by atoms with Crippen molar-refractivity contribution in [3.63, 3.8) is 0 Å². The molecule has 1 aliphatic rings. The number of hydrogen-bond acceptors (Lipinski definition) is 5. The molecule has 0 spiro atoms. The predicted molar refractivity (Wildman–Crippen MR) is 75.6 cm³/mol. The Morgan fingerprint density at radius 1 is 1.19 bits per heavy atom. The summed E-state index contributed by atoms with van der Waals surface area (Å²) >= 11 is 0. The smallest absolute Gasteiger partial charge is 0.410 e. The minimum Gasteiger partial charge on any atom is -0.464 e. The summed E-state index contributed by atoms with van der Waals surface area (Å²) in [5, 5.41) is 0. The van der Waals surface area contributed by atoms with Crippen molar-refractivity contribution in [2.45, 2.75) is 46.3 Å². The molecule has 0 aromatic rings. The van der Waals surface area contributed by atoms with E-state index in [1.54, 1.807) is 27.7 Å². The summed E-state index contributed by atoms with van der Waals surface area (Å²) in [5.74, 6) is -0.710. The number of hydrogen-bond donors (Lipinski definition) is 0. The fourth-order valence-corrected chi connectivity index (χ4v) is 2.09. The molecule has 7 heteroatoms. The van der Waals surface area contributed by atoms with Gasteiger partial charge in [-0.15, -0.1) is 0 Å². The van der Waals surface area contributed by atoms with Crippen LogP contribution in [0.2, 0.25) is 0 Å². The van der Waals surface area contributed by atoms with Gasteiger partial charge in [0, 0.05) is 20.0 Å². The first kappa shape index (κ1) is 17.3. The zero-order valence-corrected chi connectivity index (χ0v) is 13.3. The van der Waals surface area contributed by atoms with Gasteiger partial charge in [0.15, 0.2) is 0 Å². The number of carbonyl (C=O) groups is 3. The lowest BCUT2D eigenvalue weighted by Crippen LogP contribution is -2.59. The highest BCUT2D eigenvalue weighted by molar-refractivity contribution is 5.84. The zero-order valence-electron chi connectivity index (χ0n) is 13.3. The first-order valence-electron chi connectivity index (χ1n) is 7.07. The highest BCUT2D eigenvalue weighted by Gasteiger charge is 2.37. The quantitative estimate of drug-likeness (QED) is 0.712. The second-order valence-electron chi connectivity index (χ2n) is 5.91. The molecule has 1 aliphatic heterocycles. The monoisotopic (exact) mass is 300 g/mol. The molecular weight excluding hydrogens is 276 g/mol. The van der Waals surface area contributed by atoms with Gasteiger partial charge in [0.2, 0.25) is 5.91 Å². The van der Waals surface area contributed by atoms with Gasteiger partial charge in [-0.25, -0.2) is 9.59 Å². The van der Waals surface area contributed by atoms with E-state index in [9.17, 15) is 14.4 Å². The average molecular weight is 300 g/mol. The SMILES string of the molecule is CCOC(=O)C1CN(C(=O)OC(C)(C)C)CCN1C(C)=O. The van der Waals surface area contributed by atoms with Crippen molar-refractivity contribution in [1.82, 2.24) is 9.80 Å². The highest BCUT2D eigenvalue weighted by atomic mass is 16.6. The Morgan fingerprint density at radius 2 is 1.81 bits per heavy atom. The highest BCUT2D eigenvalue weighted by Crippen LogP contribution is 2.16. The van der Waals surface area contributed by atoms with E-state index in [0.29, 0.717) is 6.54 Å². The summed E-state index contributed by atoms with van der Waals surface area (Å²) in [6.45, 7) is 9.38. The number of rotatable bonds is 2. The Hall–Kier alpha value is -1.79. The van der Waals surface area contributed by atoms with Crippen LogP contribution in [-0.2, 0) is 19.1 Å². The summed E-state index contributed by atoms with van der Waals surface area (Å²) in [6.07, 6.45) is -0.486. The Kier molecular flexibility index (Phi) is 5.57. The molecule has 21 heavy (non-hydrogen) atoms. The molecule has 7 nitrogen and oxygen atoms in total. The molecule has 0 radical (unpaired) electrons. The van der Waals surface area contributed by atoms with E-state index < -0.39 is 23.7 Å². The second kappa shape index (κ2) is 6.78. The molecule has 0 N–H and O–H groups in total. The van der Waals surface area contributed by atoms with Crippen molar-refractivity contribution in [3.05, 3.63) is 0 Å². The van der Waals surface area contributed by atoms with Gasteiger partial charge in [-0.1, -0.05) is 0 Å². The van der Waals surface area contributed by atoms with Crippen molar-refractivity contribution in [2.75, 3.05) is 26.2 Å². The second-order valence-corrected chi connectivity index (χ2v) is 5.91. The third kappa shape index (κ3) is 4.91. The molecule has 0 aromatic heterocycles. The van der Waals surface area contributed by atoms with Crippen LogP contribution in [0.1, 0.15) is 34.6 Å². The van der Waals surface area contributed by atoms with Gasteiger partial charge in [0.1, 0.15) is 11.6 Å². The number of amides is 2. The third-order valence-corrected chi connectivity index (χ3v) is 3.00. The number of esters is 1. The van der Waals surface area contributed by atoms with Gasteiger partial charge < -0.3 is 19.3 Å². The van der Waals surface area contributed by atoms with Crippen molar-refractivity contribution in [3.8, 4) is 0 Å². The van der Waals surface area contributed by atoms with Crippen LogP contribution < -0.4 is 0 Å². The molecule has 2 amide bonds. The van der Waals surface area contributed by atoms with Crippen molar-refractivity contribution in [1.29, 1.82) is 0 Å². The van der Waals surface area contributed by atoms with E-state index in [2.05, 4.69) is 0 Å². The molecule has 1 fully saturated rings. The first-order valence-corrected chi connectivity index (χ1v) is 7.07. The molecule has 120 valence electrons. The lowest BCUT2D eigenvalue weighted by atomic mass is 10.1. The summed E-state index contributed by atoms with van der Waals surface area (Å²) in [7, 11) is 0. The number of carbonyl (C=O) groups excluding carboxylic acids is 3. The largest absolute Gasteiger partial charge is 0.464 e. The normalized spacial score (nSPS) is 19.2. The van der Waals surface area contributed by atoms with Gasteiger partial charge in [-0.05, 0) is 27.7 Å². The van der Waals surface area contributed by atoms with Gasteiger partial charge in [0.05, 0.1) is 13.2 Å². The summed E-state index contributed by atoms with van der Waals surface area (Å²) in [4.78, 5) is 38.5. The number of ether oxygens (including phenoxy) is 2. The maximum atomic E-state index is 12.1. The molecule has 0 bridgehead atoms. The van der Waals surface area contributed by atoms with Crippen LogP contribution in [0.4, 0.5) is 4.79 Å². The molecule has 1 saturated heterocycles. The van der Waals surface area contributed by atoms with E-state index in [1.165, 1.54) is 16.7 Å². The van der Waals surface area contributed by atoms with Gasteiger partial charge in [0.25, 0.3) is 0 Å².